The minimum absolute atomic E-state index is 0.119. The molecule has 2 aromatic carbocycles. The number of pyridine rings is 1. The van der Waals surface area contributed by atoms with Crippen molar-refractivity contribution in [3.05, 3.63) is 82.7 Å². The van der Waals surface area contributed by atoms with E-state index in [1.54, 1.807) is 4.90 Å². The van der Waals surface area contributed by atoms with Crippen LogP contribution in [0.4, 0.5) is 11.4 Å². The van der Waals surface area contributed by atoms with Crippen molar-refractivity contribution in [3.63, 3.8) is 0 Å². The molecule has 2 aliphatic carbocycles. The summed E-state index contributed by atoms with van der Waals surface area (Å²) >= 11 is 0. The zero-order valence-corrected chi connectivity index (χ0v) is 31.4. The van der Waals surface area contributed by atoms with Crippen LogP contribution in [-0.2, 0) is 22.6 Å². The predicted molar refractivity (Wildman–Crippen MR) is 209 cm³/mol. The Hall–Kier alpha value is -4.44. The molecular weight excluding hydrogens is 677 g/mol. The zero-order valence-electron chi connectivity index (χ0n) is 31.4. The Kier molecular flexibility index (Phi) is 9.80. The van der Waals surface area contributed by atoms with Crippen molar-refractivity contribution in [2.75, 3.05) is 55.6 Å². The van der Waals surface area contributed by atoms with E-state index in [9.17, 15) is 19.5 Å². The van der Waals surface area contributed by atoms with Crippen LogP contribution in [-0.4, -0.2) is 89.5 Å². The Morgan fingerprint density at radius 2 is 1.52 bits per heavy atom. The molecule has 0 spiro atoms. The van der Waals surface area contributed by atoms with Crippen LogP contribution >= 0.6 is 0 Å². The fraction of sp³-hybridized carbons (Fsp3) is 0.545. The molecule has 5 heterocycles. The molecule has 54 heavy (non-hydrogen) atoms. The summed E-state index contributed by atoms with van der Waals surface area (Å²) in [5, 5.41) is 12.6. The number of amides is 3. The van der Waals surface area contributed by atoms with Crippen LogP contribution in [0.3, 0.4) is 0 Å². The van der Waals surface area contributed by atoms with Gasteiger partial charge in [0.15, 0.2) is 0 Å². The van der Waals surface area contributed by atoms with Crippen molar-refractivity contribution in [1.29, 1.82) is 0 Å². The topological polar surface area (TPSA) is 109 Å². The van der Waals surface area contributed by atoms with Gasteiger partial charge in [0.05, 0.1) is 11.9 Å². The molecule has 1 aromatic heterocycles. The van der Waals surface area contributed by atoms with E-state index < -0.39 is 6.04 Å². The van der Waals surface area contributed by atoms with Gasteiger partial charge in [-0.05, 0) is 109 Å². The second-order valence-electron chi connectivity index (χ2n) is 16.9. The number of carbonyl (C=O) groups excluding carboxylic acids is 3. The first kappa shape index (κ1) is 35.3. The van der Waals surface area contributed by atoms with Crippen molar-refractivity contribution in [3.8, 4) is 5.75 Å². The number of piperazine rings is 1. The highest BCUT2D eigenvalue weighted by Crippen LogP contribution is 2.48. The van der Waals surface area contributed by atoms with Gasteiger partial charge in [-0.3, -0.25) is 29.6 Å². The van der Waals surface area contributed by atoms with Crippen molar-refractivity contribution in [1.82, 2.24) is 20.1 Å². The lowest BCUT2D eigenvalue weighted by Gasteiger charge is -2.41. The lowest BCUT2D eigenvalue weighted by Crippen LogP contribution is -2.52. The molecule has 9 rings (SSSR count). The van der Waals surface area contributed by atoms with E-state index >= 15 is 0 Å². The Morgan fingerprint density at radius 3 is 2.28 bits per heavy atom. The molecule has 0 bridgehead atoms. The summed E-state index contributed by atoms with van der Waals surface area (Å²) in [5.41, 5.74) is 7.86. The van der Waals surface area contributed by atoms with E-state index in [0.29, 0.717) is 42.0 Å². The molecule has 1 saturated carbocycles. The predicted octanol–water partition coefficient (Wildman–Crippen LogP) is 5.86. The molecule has 10 nitrogen and oxygen atoms in total. The Morgan fingerprint density at radius 1 is 0.741 bits per heavy atom. The quantitative estimate of drug-likeness (QED) is 0.291. The molecule has 0 unspecified atom stereocenters. The van der Waals surface area contributed by atoms with Gasteiger partial charge in [0, 0.05) is 81.6 Å². The average Bonchev–Trinajstić information content (AvgIpc) is 3.53. The fourth-order valence-electron chi connectivity index (χ4n) is 10.7. The summed E-state index contributed by atoms with van der Waals surface area (Å²) in [6.45, 7) is 7.62. The SMILES string of the molecule is O=C1CC[C@H](N2Cc3cc(N4CCN(CC5CCN(c6ccc([C@H]7c8ccc(O)cc8CC[C@H]7C7CCCCC7)nc6)CC5)CC4)ccc3C2=O)C(=O)N1. The molecule has 6 aliphatic rings. The van der Waals surface area contributed by atoms with Crippen LogP contribution in [0.15, 0.2) is 54.7 Å². The Balaban J connectivity index is 0.773. The fourth-order valence-corrected chi connectivity index (χ4v) is 10.7. The number of hydrogen-bond acceptors (Lipinski definition) is 8. The number of phenolic OH excluding ortho intramolecular Hbond substituents is 1. The number of nitrogens with zero attached hydrogens (tertiary/aromatic N) is 5. The van der Waals surface area contributed by atoms with Crippen molar-refractivity contribution in [2.45, 2.75) is 89.1 Å². The number of fused-ring (bicyclic) bond motifs is 2. The summed E-state index contributed by atoms with van der Waals surface area (Å²) in [5.74, 6) is 2.00. The number of carbonyl (C=O) groups is 3. The molecule has 3 amide bonds. The van der Waals surface area contributed by atoms with Crippen LogP contribution in [0.2, 0.25) is 0 Å². The standard InChI is InChI=1S/C44H54N6O4/c51-35-9-12-37-31(25-35)6-10-36(30-4-2-1-3-5-30)42(37)39-13-8-34(26-45-39)48-18-16-29(17-19-48)27-47-20-22-49(23-21-47)33-7-11-38-32(24-33)28-50(44(38)54)40-14-15-41(52)46-43(40)53/h7-9,11-13,24-26,29-30,36,40,42,51H,1-6,10,14-23,27-28H2,(H,46,52,53)/t36-,40-,42+/m0/s1. The first-order valence-corrected chi connectivity index (χ1v) is 20.7. The summed E-state index contributed by atoms with van der Waals surface area (Å²) < 4.78 is 0. The van der Waals surface area contributed by atoms with Gasteiger partial charge < -0.3 is 19.8 Å². The van der Waals surface area contributed by atoms with Gasteiger partial charge in [0.25, 0.3) is 5.91 Å². The highest BCUT2D eigenvalue weighted by molar-refractivity contribution is 6.05. The van der Waals surface area contributed by atoms with Crippen molar-refractivity contribution < 1.29 is 19.5 Å². The van der Waals surface area contributed by atoms with Crippen LogP contribution in [0.25, 0.3) is 0 Å². The number of anilines is 2. The number of imide groups is 1. The first-order valence-electron chi connectivity index (χ1n) is 20.7. The third kappa shape index (κ3) is 6.98. The van der Waals surface area contributed by atoms with Crippen molar-refractivity contribution >= 4 is 29.1 Å². The van der Waals surface area contributed by atoms with Gasteiger partial charge in [-0.15, -0.1) is 0 Å². The minimum atomic E-state index is -0.583. The average molecular weight is 731 g/mol. The second kappa shape index (κ2) is 15.0. The Labute approximate surface area is 318 Å². The van der Waals surface area contributed by atoms with Gasteiger partial charge >= 0.3 is 0 Å². The molecule has 4 fully saturated rings. The first-order chi connectivity index (χ1) is 26.4. The van der Waals surface area contributed by atoms with Crippen LogP contribution in [0, 0.1) is 17.8 Å². The number of aryl methyl sites for hydroxylation is 1. The molecule has 10 heteroatoms. The van der Waals surface area contributed by atoms with Crippen molar-refractivity contribution in [2.24, 2.45) is 17.8 Å². The van der Waals surface area contributed by atoms with Gasteiger partial charge in [-0.2, -0.15) is 0 Å². The van der Waals surface area contributed by atoms with E-state index in [-0.39, 0.29) is 24.1 Å². The summed E-state index contributed by atoms with van der Waals surface area (Å²) in [6.07, 6.45) is 14.1. The van der Waals surface area contributed by atoms with Gasteiger partial charge in [0.2, 0.25) is 11.8 Å². The number of piperidine rings is 2. The second-order valence-corrected chi connectivity index (χ2v) is 16.9. The minimum Gasteiger partial charge on any atom is -0.508 e. The molecule has 3 aromatic rings. The summed E-state index contributed by atoms with van der Waals surface area (Å²) in [7, 11) is 0. The van der Waals surface area contributed by atoms with Gasteiger partial charge in [-0.1, -0.05) is 38.2 Å². The lowest BCUT2D eigenvalue weighted by atomic mass is 9.65. The van der Waals surface area contributed by atoms with E-state index in [1.165, 1.54) is 73.9 Å². The number of hydrogen-bond donors (Lipinski definition) is 2. The third-order valence-corrected chi connectivity index (χ3v) is 13.7. The smallest absolute Gasteiger partial charge is 0.255 e. The summed E-state index contributed by atoms with van der Waals surface area (Å²) in [6, 6.07) is 16.1. The number of nitrogens with one attached hydrogen (secondary N) is 1. The molecule has 0 radical (unpaired) electrons. The van der Waals surface area contributed by atoms with E-state index in [1.807, 2.05) is 24.3 Å². The molecule has 3 atom stereocenters. The maximum atomic E-state index is 13.2. The van der Waals surface area contributed by atoms with E-state index in [0.717, 1.165) is 69.4 Å². The molecular formula is C44H54N6O4. The molecule has 2 N–H and O–H groups in total. The van der Waals surface area contributed by atoms with Gasteiger partial charge in [-0.25, -0.2) is 0 Å². The zero-order chi connectivity index (χ0) is 36.8. The normalized spacial score (nSPS) is 25.8. The number of phenols is 1. The van der Waals surface area contributed by atoms with Crippen LogP contribution in [0.5, 0.6) is 5.75 Å². The molecule has 3 saturated heterocycles. The third-order valence-electron chi connectivity index (χ3n) is 13.7. The van der Waals surface area contributed by atoms with Crippen LogP contribution in [0.1, 0.15) is 103 Å². The number of aromatic hydroxyl groups is 1. The van der Waals surface area contributed by atoms with Crippen LogP contribution < -0.4 is 15.1 Å². The lowest BCUT2D eigenvalue weighted by molar-refractivity contribution is -0.136. The maximum Gasteiger partial charge on any atom is 0.255 e. The Bertz CT molecular complexity index is 1880. The maximum absolute atomic E-state index is 13.2. The van der Waals surface area contributed by atoms with E-state index in [4.69, 9.17) is 4.98 Å². The molecule has 4 aliphatic heterocycles. The highest BCUT2D eigenvalue weighted by Gasteiger charge is 2.40. The monoisotopic (exact) mass is 730 g/mol. The number of aromatic nitrogens is 1. The number of rotatable bonds is 7. The largest absolute Gasteiger partial charge is 0.508 e. The van der Waals surface area contributed by atoms with Gasteiger partial charge in [0.1, 0.15) is 11.8 Å². The highest BCUT2D eigenvalue weighted by atomic mass is 16.3. The van der Waals surface area contributed by atoms with E-state index in [2.05, 4.69) is 50.5 Å². The summed E-state index contributed by atoms with van der Waals surface area (Å²) in [4.78, 5) is 51.6. The molecule has 284 valence electrons. The number of benzene rings is 2.